The average molecular weight is 399 g/mol. The fourth-order valence-corrected chi connectivity index (χ4v) is 3.68. The first kappa shape index (κ1) is 20.8. The van der Waals surface area contributed by atoms with Gasteiger partial charge in [-0.15, -0.1) is 0 Å². The van der Waals surface area contributed by atoms with Gasteiger partial charge in [0.2, 0.25) is 0 Å². The molecule has 0 aromatic heterocycles. The maximum atomic E-state index is 13.1. The summed E-state index contributed by atoms with van der Waals surface area (Å²) in [6, 6.07) is 11.4. The third-order valence-corrected chi connectivity index (χ3v) is 5.15. The minimum absolute atomic E-state index is 0.0404. The Morgan fingerprint density at radius 2 is 1.97 bits per heavy atom. The van der Waals surface area contributed by atoms with E-state index in [1.54, 1.807) is 14.2 Å². The number of amides is 2. The number of nitrogens with zero attached hydrogens (tertiary/aromatic N) is 1. The predicted octanol–water partition coefficient (Wildman–Crippen LogP) is 5.17. The number of carbonyl (C=O) groups is 1. The SMILES string of the molecule is CCCOc1cc(C)ccc1NC(=O)N1CCCC1c1ccc(OC)cc1OC. The number of carbonyl (C=O) groups excluding carboxylic acids is 1. The van der Waals surface area contributed by atoms with Crippen molar-refractivity contribution in [3.63, 3.8) is 0 Å². The zero-order valence-electron chi connectivity index (χ0n) is 17.7. The summed E-state index contributed by atoms with van der Waals surface area (Å²) >= 11 is 0. The van der Waals surface area contributed by atoms with Crippen LogP contribution in [0.5, 0.6) is 17.2 Å². The highest BCUT2D eigenvalue weighted by Crippen LogP contribution is 2.39. The standard InChI is InChI=1S/C23H30N2O4/c1-5-13-29-22-14-16(2)8-11-19(22)24-23(26)25-12-6-7-20(25)18-10-9-17(27-3)15-21(18)28-4/h8-11,14-15,20H,5-7,12-13H2,1-4H3,(H,24,26). The Labute approximate surface area is 172 Å². The zero-order chi connectivity index (χ0) is 20.8. The van der Waals surface area contributed by atoms with Crippen molar-refractivity contribution >= 4 is 11.7 Å². The van der Waals surface area contributed by atoms with Gasteiger partial charge in [0.05, 0.1) is 32.6 Å². The van der Waals surface area contributed by atoms with E-state index in [0.717, 1.165) is 41.9 Å². The molecule has 1 heterocycles. The molecule has 2 amide bonds. The van der Waals surface area contributed by atoms with Gasteiger partial charge in [0.1, 0.15) is 17.2 Å². The summed E-state index contributed by atoms with van der Waals surface area (Å²) in [6.45, 7) is 5.38. The van der Waals surface area contributed by atoms with Crippen molar-refractivity contribution in [2.24, 2.45) is 0 Å². The molecule has 1 unspecified atom stereocenters. The highest BCUT2D eigenvalue weighted by molar-refractivity contribution is 5.91. The lowest BCUT2D eigenvalue weighted by molar-refractivity contribution is 0.206. The Morgan fingerprint density at radius 3 is 2.69 bits per heavy atom. The first-order valence-electron chi connectivity index (χ1n) is 10.1. The smallest absolute Gasteiger partial charge is 0.322 e. The lowest BCUT2D eigenvalue weighted by Crippen LogP contribution is -2.34. The van der Waals surface area contributed by atoms with E-state index >= 15 is 0 Å². The van der Waals surface area contributed by atoms with Crippen LogP contribution in [0.2, 0.25) is 0 Å². The van der Waals surface area contributed by atoms with Crippen LogP contribution in [0.1, 0.15) is 43.4 Å². The van der Waals surface area contributed by atoms with Crippen molar-refractivity contribution in [2.45, 2.75) is 39.2 Å². The molecule has 0 aliphatic carbocycles. The molecule has 6 heteroatoms. The third-order valence-electron chi connectivity index (χ3n) is 5.15. The number of benzene rings is 2. The van der Waals surface area contributed by atoms with E-state index in [1.165, 1.54) is 0 Å². The van der Waals surface area contributed by atoms with Gasteiger partial charge in [-0.25, -0.2) is 4.79 Å². The molecule has 3 rings (SSSR count). The molecule has 1 aliphatic rings. The van der Waals surface area contributed by atoms with Gasteiger partial charge in [0, 0.05) is 18.2 Å². The summed E-state index contributed by atoms with van der Waals surface area (Å²) in [7, 11) is 3.27. The Balaban J connectivity index is 1.81. The highest BCUT2D eigenvalue weighted by atomic mass is 16.5. The number of ether oxygens (including phenoxy) is 3. The number of methoxy groups -OCH3 is 2. The summed E-state index contributed by atoms with van der Waals surface area (Å²) in [5.41, 5.74) is 2.78. The number of urea groups is 1. The second kappa shape index (κ2) is 9.54. The van der Waals surface area contributed by atoms with Crippen LogP contribution in [0, 0.1) is 6.92 Å². The lowest BCUT2D eigenvalue weighted by atomic mass is 10.0. The van der Waals surface area contributed by atoms with Crippen LogP contribution in [-0.4, -0.2) is 38.3 Å². The fraction of sp³-hybridized carbons (Fsp3) is 0.435. The second-order valence-corrected chi connectivity index (χ2v) is 7.24. The van der Waals surface area contributed by atoms with Gasteiger partial charge in [-0.05, 0) is 56.0 Å². The zero-order valence-corrected chi connectivity index (χ0v) is 17.7. The first-order chi connectivity index (χ1) is 14.1. The molecule has 156 valence electrons. The van der Waals surface area contributed by atoms with Crippen molar-refractivity contribution in [2.75, 3.05) is 32.7 Å². The molecule has 2 aromatic rings. The van der Waals surface area contributed by atoms with Crippen LogP contribution in [0.3, 0.4) is 0 Å². The minimum atomic E-state index is -0.129. The monoisotopic (exact) mass is 398 g/mol. The molecule has 0 radical (unpaired) electrons. The topological polar surface area (TPSA) is 60.0 Å². The van der Waals surface area contributed by atoms with Gasteiger partial charge in [0.25, 0.3) is 0 Å². The normalized spacial score (nSPS) is 15.9. The molecule has 1 aliphatic heterocycles. The number of likely N-dealkylation sites (tertiary alicyclic amines) is 1. The Bertz CT molecular complexity index is 853. The van der Waals surface area contributed by atoms with Crippen LogP contribution in [0.15, 0.2) is 36.4 Å². The second-order valence-electron chi connectivity index (χ2n) is 7.24. The van der Waals surface area contributed by atoms with E-state index in [4.69, 9.17) is 14.2 Å². The van der Waals surface area contributed by atoms with Crippen molar-refractivity contribution in [3.05, 3.63) is 47.5 Å². The summed E-state index contributed by atoms with van der Waals surface area (Å²) in [6.07, 6.45) is 2.75. The number of hydrogen-bond acceptors (Lipinski definition) is 4. The van der Waals surface area contributed by atoms with Crippen LogP contribution >= 0.6 is 0 Å². The molecular formula is C23H30N2O4. The van der Waals surface area contributed by atoms with E-state index in [2.05, 4.69) is 12.2 Å². The quantitative estimate of drug-likeness (QED) is 0.699. The van der Waals surface area contributed by atoms with Gasteiger partial charge in [-0.2, -0.15) is 0 Å². The maximum Gasteiger partial charge on any atom is 0.322 e. The van der Waals surface area contributed by atoms with Gasteiger partial charge < -0.3 is 24.4 Å². The predicted molar refractivity (Wildman–Crippen MR) is 114 cm³/mol. The molecular weight excluding hydrogens is 368 g/mol. The molecule has 1 N–H and O–H groups in total. The van der Waals surface area contributed by atoms with Crippen molar-refractivity contribution in [3.8, 4) is 17.2 Å². The molecule has 0 spiro atoms. The Hall–Kier alpha value is -2.89. The third kappa shape index (κ3) is 4.75. The minimum Gasteiger partial charge on any atom is -0.497 e. The lowest BCUT2D eigenvalue weighted by Gasteiger charge is -2.27. The number of nitrogens with one attached hydrogen (secondary N) is 1. The van der Waals surface area contributed by atoms with E-state index in [9.17, 15) is 4.79 Å². The molecule has 1 saturated heterocycles. The molecule has 1 fully saturated rings. The van der Waals surface area contributed by atoms with Crippen LogP contribution in [0.25, 0.3) is 0 Å². The van der Waals surface area contributed by atoms with Crippen LogP contribution in [0.4, 0.5) is 10.5 Å². The molecule has 1 atom stereocenters. The van der Waals surface area contributed by atoms with E-state index in [-0.39, 0.29) is 12.1 Å². The van der Waals surface area contributed by atoms with Gasteiger partial charge in [-0.1, -0.05) is 13.0 Å². The average Bonchev–Trinajstić information content (AvgIpc) is 3.23. The summed E-state index contributed by atoms with van der Waals surface area (Å²) in [4.78, 5) is 15.0. The van der Waals surface area contributed by atoms with Crippen LogP contribution in [-0.2, 0) is 0 Å². The van der Waals surface area contributed by atoms with Crippen molar-refractivity contribution in [1.29, 1.82) is 0 Å². The largest absolute Gasteiger partial charge is 0.497 e. The molecule has 6 nitrogen and oxygen atoms in total. The fourth-order valence-electron chi connectivity index (χ4n) is 3.68. The van der Waals surface area contributed by atoms with E-state index in [0.29, 0.717) is 24.6 Å². The number of anilines is 1. The number of hydrogen-bond donors (Lipinski definition) is 1. The van der Waals surface area contributed by atoms with Gasteiger partial charge >= 0.3 is 6.03 Å². The van der Waals surface area contributed by atoms with Crippen molar-refractivity contribution < 1.29 is 19.0 Å². The Kier molecular flexibility index (Phi) is 6.86. The van der Waals surface area contributed by atoms with E-state index in [1.807, 2.05) is 48.2 Å². The Morgan fingerprint density at radius 1 is 1.14 bits per heavy atom. The summed E-state index contributed by atoms with van der Waals surface area (Å²) in [5.74, 6) is 2.17. The number of rotatable bonds is 7. The highest BCUT2D eigenvalue weighted by Gasteiger charge is 2.32. The van der Waals surface area contributed by atoms with Crippen LogP contribution < -0.4 is 19.5 Å². The van der Waals surface area contributed by atoms with E-state index < -0.39 is 0 Å². The summed E-state index contributed by atoms with van der Waals surface area (Å²) < 4.78 is 16.7. The molecule has 0 saturated carbocycles. The molecule has 0 bridgehead atoms. The maximum absolute atomic E-state index is 13.1. The molecule has 29 heavy (non-hydrogen) atoms. The summed E-state index contributed by atoms with van der Waals surface area (Å²) in [5, 5.41) is 3.04. The first-order valence-corrected chi connectivity index (χ1v) is 10.1. The number of aryl methyl sites for hydroxylation is 1. The molecule has 2 aromatic carbocycles. The van der Waals surface area contributed by atoms with Gasteiger partial charge in [-0.3, -0.25) is 0 Å². The van der Waals surface area contributed by atoms with Crippen molar-refractivity contribution in [1.82, 2.24) is 4.90 Å². The van der Waals surface area contributed by atoms with Gasteiger partial charge in [0.15, 0.2) is 0 Å².